The van der Waals surface area contributed by atoms with E-state index in [9.17, 15) is 19.2 Å². The molecule has 8 heterocycles. The number of fused-ring (bicyclic) bond motifs is 5. The van der Waals surface area contributed by atoms with Crippen LogP contribution in [-0.2, 0) is 23.8 Å². The zero-order valence-electron chi connectivity index (χ0n) is 41.9. The number of halogens is 1. The molecule has 17 nitrogen and oxygen atoms in total. The Balaban J connectivity index is 0.893. The molecule has 19 heteroatoms. The van der Waals surface area contributed by atoms with Gasteiger partial charge in [-0.1, -0.05) is 19.9 Å². The summed E-state index contributed by atoms with van der Waals surface area (Å²) < 4.78 is 41.8. The number of aromatic amines is 2. The van der Waals surface area contributed by atoms with Gasteiger partial charge in [-0.05, 0) is 125 Å². The highest BCUT2D eigenvalue weighted by atomic mass is 32.1. The summed E-state index contributed by atoms with van der Waals surface area (Å²) >= 11 is 1.73. The zero-order valence-corrected chi connectivity index (χ0v) is 42.7. The number of alkyl carbamates (subject to hydrolysis) is 2. The average molecular weight is 1020 g/mol. The van der Waals surface area contributed by atoms with E-state index in [1.807, 2.05) is 56.9 Å². The number of H-pyrrole nitrogens is 2. The third-order valence-corrected chi connectivity index (χ3v) is 16.6. The Kier molecular flexibility index (Phi) is 13.0. The van der Waals surface area contributed by atoms with Gasteiger partial charge in [-0.15, -0.1) is 11.3 Å². The topological polar surface area (TPSA) is 198 Å². The van der Waals surface area contributed by atoms with Crippen molar-refractivity contribution in [2.75, 3.05) is 27.3 Å². The minimum Gasteiger partial charge on any atom is -0.464 e. The number of amides is 4. The van der Waals surface area contributed by atoms with Crippen molar-refractivity contribution in [3.63, 3.8) is 0 Å². The van der Waals surface area contributed by atoms with Crippen molar-refractivity contribution in [2.24, 2.45) is 11.8 Å². The fourth-order valence-electron chi connectivity index (χ4n) is 11.7. The minimum absolute atomic E-state index is 0.0493. The number of carbonyl (C=O) groups is 4. The number of ether oxygens (including phenoxy) is 4. The molecule has 1 saturated carbocycles. The Labute approximate surface area is 426 Å². The van der Waals surface area contributed by atoms with E-state index in [1.165, 1.54) is 25.2 Å². The van der Waals surface area contributed by atoms with Gasteiger partial charge >= 0.3 is 12.2 Å². The molecule has 6 aromatic rings. The zero-order chi connectivity index (χ0) is 50.8. The smallest absolute Gasteiger partial charge is 0.407 e. The highest BCUT2D eigenvalue weighted by molar-refractivity contribution is 7.12. The average Bonchev–Trinajstić information content (AvgIpc) is 4.10. The van der Waals surface area contributed by atoms with Gasteiger partial charge in [0.05, 0.1) is 83.9 Å². The number of hydrogen-bond donors (Lipinski definition) is 4. The van der Waals surface area contributed by atoms with Crippen molar-refractivity contribution in [2.45, 2.75) is 128 Å². The number of thiophene rings is 1. The van der Waals surface area contributed by atoms with Gasteiger partial charge in [0, 0.05) is 34.5 Å². The summed E-state index contributed by atoms with van der Waals surface area (Å²) in [5, 5.41) is 6.45. The lowest BCUT2D eigenvalue weighted by molar-refractivity contribution is -0.138. The molecule has 0 bridgehead atoms. The molecule has 3 saturated heterocycles. The number of methoxy groups -OCH3 is 2. The second kappa shape index (κ2) is 19.6. The summed E-state index contributed by atoms with van der Waals surface area (Å²) in [6.07, 6.45) is 8.02. The van der Waals surface area contributed by atoms with Gasteiger partial charge in [0.25, 0.3) is 0 Å². The maximum absolute atomic E-state index is 17.0. The van der Waals surface area contributed by atoms with Gasteiger partial charge in [0.1, 0.15) is 35.3 Å². The van der Waals surface area contributed by atoms with Crippen LogP contribution in [0.2, 0.25) is 0 Å². The normalized spacial score (nSPS) is 23.5. The Morgan fingerprint density at radius 1 is 0.781 bits per heavy atom. The minimum atomic E-state index is -0.771. The Morgan fingerprint density at radius 3 is 2.05 bits per heavy atom. The van der Waals surface area contributed by atoms with Crippen LogP contribution in [0.3, 0.4) is 0 Å². The van der Waals surface area contributed by atoms with E-state index >= 15 is 4.39 Å². The SMILES string of the molecule is COC(=O)N[C@H](C(=O)N1CCC[C@H]1c1ncc(-c2cc(F)c3c(c2)O[C@@H](c2ccc(C4CC4)s2)n2c-3cc3cc(-c4cnc([C@@H]5CCCN5C(=O)[C@@H](NC(=O)OC)C5C[C@@H](C)O[C@@H](C)C5)[nH]4)ccc32)[nH]1)C(C)C. The van der Waals surface area contributed by atoms with E-state index in [1.54, 1.807) is 28.6 Å². The molecule has 2 aromatic carbocycles. The highest BCUT2D eigenvalue weighted by Gasteiger charge is 2.43. The molecule has 4 aromatic heterocycles. The van der Waals surface area contributed by atoms with Gasteiger partial charge in [-0.3, -0.25) is 14.2 Å². The van der Waals surface area contributed by atoms with Crippen LogP contribution in [0.1, 0.15) is 125 Å². The third kappa shape index (κ3) is 9.23. The Hall–Kier alpha value is -6.73. The molecule has 5 aliphatic rings. The first kappa shape index (κ1) is 48.5. The quantitative estimate of drug-likeness (QED) is 0.0916. The van der Waals surface area contributed by atoms with Crippen LogP contribution in [0.15, 0.2) is 60.9 Å². The monoisotopic (exact) mass is 1020 g/mol. The molecular weight excluding hydrogens is 954 g/mol. The van der Waals surface area contributed by atoms with Crippen molar-refractivity contribution < 1.29 is 42.5 Å². The lowest BCUT2D eigenvalue weighted by atomic mass is 9.85. The van der Waals surface area contributed by atoms with Crippen LogP contribution in [-0.4, -0.2) is 110 Å². The summed E-state index contributed by atoms with van der Waals surface area (Å²) in [5.41, 5.74) is 4.69. The van der Waals surface area contributed by atoms with Crippen LogP contribution >= 0.6 is 11.3 Å². The molecule has 0 spiro atoms. The molecule has 4 fully saturated rings. The van der Waals surface area contributed by atoms with Gasteiger partial charge in [0.2, 0.25) is 18.0 Å². The van der Waals surface area contributed by atoms with Crippen LogP contribution in [0.4, 0.5) is 14.0 Å². The fraction of sp³-hybridized carbons (Fsp3) is 0.481. The number of aromatic nitrogens is 5. The van der Waals surface area contributed by atoms with Crippen molar-refractivity contribution >= 4 is 46.2 Å². The van der Waals surface area contributed by atoms with Gasteiger partial charge < -0.3 is 49.3 Å². The summed E-state index contributed by atoms with van der Waals surface area (Å²) in [5.74, 6) is 1.08. The second-order valence-electron chi connectivity index (χ2n) is 20.7. The molecule has 0 radical (unpaired) electrons. The van der Waals surface area contributed by atoms with Gasteiger partial charge in [0.15, 0.2) is 0 Å². The van der Waals surface area contributed by atoms with E-state index in [4.69, 9.17) is 28.9 Å². The first-order valence-electron chi connectivity index (χ1n) is 25.6. The first-order chi connectivity index (χ1) is 35.3. The number of nitrogens with zero attached hydrogens (tertiary/aromatic N) is 5. The molecule has 4 amide bonds. The van der Waals surface area contributed by atoms with E-state index in [0.717, 1.165) is 52.7 Å². The maximum Gasteiger partial charge on any atom is 0.407 e. The van der Waals surface area contributed by atoms with Crippen LogP contribution in [0, 0.1) is 17.7 Å². The molecule has 73 heavy (non-hydrogen) atoms. The van der Waals surface area contributed by atoms with Gasteiger partial charge in [-0.25, -0.2) is 23.9 Å². The predicted molar refractivity (Wildman–Crippen MR) is 271 cm³/mol. The molecule has 1 aliphatic carbocycles. The van der Waals surface area contributed by atoms with E-state index in [2.05, 4.69) is 43.4 Å². The molecule has 384 valence electrons. The molecular formula is C54H62FN9O8S. The third-order valence-electron chi connectivity index (χ3n) is 15.3. The number of likely N-dealkylation sites (tertiary alicyclic amines) is 2. The number of hydrogen-bond acceptors (Lipinski definition) is 11. The van der Waals surface area contributed by atoms with Crippen molar-refractivity contribution in [1.29, 1.82) is 0 Å². The lowest BCUT2D eigenvalue weighted by Gasteiger charge is -2.38. The van der Waals surface area contributed by atoms with Crippen molar-refractivity contribution in [1.82, 2.24) is 44.9 Å². The molecule has 8 atom stereocenters. The maximum atomic E-state index is 17.0. The summed E-state index contributed by atoms with van der Waals surface area (Å²) in [7, 11) is 2.57. The fourth-order valence-corrected chi connectivity index (χ4v) is 12.9. The molecule has 1 unspecified atom stereocenters. The second-order valence-corrected chi connectivity index (χ2v) is 21.8. The Morgan fingerprint density at radius 2 is 1.41 bits per heavy atom. The van der Waals surface area contributed by atoms with E-state index < -0.39 is 36.3 Å². The van der Waals surface area contributed by atoms with Crippen LogP contribution in [0.5, 0.6) is 5.75 Å². The number of imidazole rings is 2. The first-order valence-corrected chi connectivity index (χ1v) is 26.4. The summed E-state index contributed by atoms with van der Waals surface area (Å²) in [6.45, 7) is 8.78. The lowest BCUT2D eigenvalue weighted by Crippen LogP contribution is -2.54. The standard InChI is InChI=1S/C54H62FN9O8S/c1-27(2)46(60-53(67)69-5)50(65)62-17-7-9-39(62)49-57-26-37(59-49)32-22-35(55)45-41-23-33-21-31(13-14-38(33)64(41)52(72-42(45)24-32)44-16-15-43(73-44)30-11-12-30)36-25-56-48(58-36)40-10-8-18-63(40)51(66)47(61-54(68)70-6)34-19-28(3)71-29(4)20-34/h13-16,21-30,34,39-40,46-47,52H,7-12,17-20H2,1-6H3,(H,56,58)(H,57,59)(H,60,67)(H,61,68)/t28-,29+,34?,39-,40-,46-,47-,52-/m0/s1. The summed E-state index contributed by atoms with van der Waals surface area (Å²) in [6, 6.07) is 13.6. The van der Waals surface area contributed by atoms with E-state index in [-0.39, 0.29) is 47.9 Å². The molecule has 4 aliphatic heterocycles. The van der Waals surface area contributed by atoms with E-state index in [0.29, 0.717) is 84.6 Å². The summed E-state index contributed by atoms with van der Waals surface area (Å²) in [4.78, 5) is 75.5. The predicted octanol–water partition coefficient (Wildman–Crippen LogP) is 9.74. The van der Waals surface area contributed by atoms with Crippen molar-refractivity contribution in [3.05, 3.63) is 88.1 Å². The number of nitrogens with one attached hydrogen (secondary N) is 4. The molecule has 11 rings (SSSR count). The van der Waals surface area contributed by atoms with Crippen molar-refractivity contribution in [3.8, 4) is 39.5 Å². The van der Waals surface area contributed by atoms with Gasteiger partial charge in [-0.2, -0.15) is 0 Å². The number of benzene rings is 2. The number of carbonyl (C=O) groups excluding carboxylic acids is 4. The largest absolute Gasteiger partial charge is 0.464 e. The van der Waals surface area contributed by atoms with Crippen LogP contribution in [0.25, 0.3) is 44.7 Å². The van der Waals surface area contributed by atoms with Crippen LogP contribution < -0.4 is 15.4 Å². The number of rotatable bonds is 12. The highest BCUT2D eigenvalue weighted by Crippen LogP contribution is 2.50. The molecule has 4 N–H and O–H groups in total. The Bertz CT molecular complexity index is 3080.